The molecular weight excluding hydrogens is 442 g/mol. The van der Waals surface area contributed by atoms with E-state index in [2.05, 4.69) is 26.1 Å². The lowest BCUT2D eigenvalue weighted by Gasteiger charge is -2.30. The van der Waals surface area contributed by atoms with Crippen LogP contribution in [0.2, 0.25) is 0 Å². The summed E-state index contributed by atoms with van der Waals surface area (Å²) < 4.78 is 35.2. The van der Waals surface area contributed by atoms with Crippen LogP contribution < -0.4 is 15.0 Å². The highest BCUT2D eigenvalue weighted by Crippen LogP contribution is 2.36. The van der Waals surface area contributed by atoms with E-state index in [0.717, 1.165) is 41.9 Å². The van der Waals surface area contributed by atoms with Crippen LogP contribution in [0.5, 0.6) is 5.75 Å². The summed E-state index contributed by atoms with van der Waals surface area (Å²) in [5.41, 5.74) is 1.68. The normalized spacial score (nSPS) is 15.2. The molecule has 6 nitrogen and oxygen atoms in total. The van der Waals surface area contributed by atoms with Gasteiger partial charge in [0.2, 0.25) is 9.84 Å². The monoisotopic (exact) mass is 463 g/mol. The van der Waals surface area contributed by atoms with Gasteiger partial charge in [-0.3, -0.25) is 0 Å². The molecule has 0 aliphatic carbocycles. The van der Waals surface area contributed by atoms with E-state index in [1.807, 2.05) is 29.8 Å². The topological polar surface area (TPSA) is 63.6 Å². The summed E-state index contributed by atoms with van der Waals surface area (Å²) in [6.07, 6.45) is 1.68. The molecule has 0 saturated carbocycles. The van der Waals surface area contributed by atoms with Gasteiger partial charge in [-0.05, 0) is 30.3 Å². The van der Waals surface area contributed by atoms with Crippen LogP contribution >= 0.6 is 15.9 Å². The van der Waals surface area contributed by atoms with Crippen molar-refractivity contribution in [3.05, 3.63) is 47.1 Å². The lowest BCUT2D eigenvalue weighted by molar-refractivity contribution is 0.412. The van der Waals surface area contributed by atoms with Crippen molar-refractivity contribution >= 4 is 42.4 Å². The Morgan fingerprint density at radius 3 is 2.57 bits per heavy atom. The van der Waals surface area contributed by atoms with Crippen molar-refractivity contribution in [2.24, 2.45) is 7.05 Å². The number of ether oxygens (including phenoxy) is 1. The largest absolute Gasteiger partial charge is 0.495 e. The third-order valence-corrected chi connectivity index (χ3v) is 7.40. The van der Waals surface area contributed by atoms with E-state index in [1.54, 1.807) is 31.5 Å². The minimum atomic E-state index is -3.68. The number of sulfone groups is 1. The smallest absolute Gasteiger partial charge is 0.208 e. The van der Waals surface area contributed by atoms with Gasteiger partial charge < -0.3 is 19.5 Å². The molecule has 1 aromatic heterocycles. The zero-order chi connectivity index (χ0) is 19.9. The van der Waals surface area contributed by atoms with Gasteiger partial charge in [-0.15, -0.1) is 0 Å². The lowest BCUT2D eigenvalue weighted by atomic mass is 10.2. The van der Waals surface area contributed by atoms with Crippen molar-refractivity contribution in [3.63, 3.8) is 0 Å². The molecule has 1 fully saturated rings. The van der Waals surface area contributed by atoms with Crippen LogP contribution in [0, 0.1) is 0 Å². The molecule has 0 amide bonds. The Morgan fingerprint density at radius 1 is 1.11 bits per heavy atom. The molecule has 2 aromatic carbocycles. The third-order valence-electron chi connectivity index (χ3n) is 5.12. The van der Waals surface area contributed by atoms with Crippen LogP contribution in [0.15, 0.2) is 56.9 Å². The molecule has 148 valence electrons. The first-order chi connectivity index (χ1) is 13.4. The number of nitrogens with zero attached hydrogens (tertiary/aromatic N) is 2. The van der Waals surface area contributed by atoms with Crippen LogP contribution in [0.1, 0.15) is 0 Å². The molecule has 0 bridgehead atoms. The molecular formula is C20H22BrN3O3S. The highest BCUT2D eigenvalue weighted by atomic mass is 79.9. The Hall–Kier alpha value is -2.03. The molecule has 0 spiro atoms. The average Bonchev–Trinajstić information content (AvgIpc) is 3.05. The average molecular weight is 464 g/mol. The minimum absolute atomic E-state index is 0.275. The van der Waals surface area contributed by atoms with Crippen LogP contribution in [0.3, 0.4) is 0 Å². The first-order valence-corrected chi connectivity index (χ1v) is 11.3. The van der Waals surface area contributed by atoms with Gasteiger partial charge in [0.1, 0.15) is 5.75 Å². The standard InChI is InChI=1S/C20H22BrN3O3S/c1-23-13-20(16-5-3-14(21)11-17(16)23)28(25,26)15-4-6-19(27-2)18(12-15)24-9-7-22-8-10-24/h3-6,11-13,22H,7-10H2,1-2H3. The Balaban J connectivity index is 1.84. The van der Waals surface area contributed by atoms with Crippen LogP contribution in [-0.2, 0) is 16.9 Å². The molecule has 4 rings (SSSR count). The van der Waals surface area contributed by atoms with Gasteiger partial charge in [0.15, 0.2) is 0 Å². The van der Waals surface area contributed by atoms with Crippen molar-refractivity contribution in [1.82, 2.24) is 9.88 Å². The summed E-state index contributed by atoms with van der Waals surface area (Å²) in [6, 6.07) is 10.7. The number of nitrogens with one attached hydrogen (secondary N) is 1. The van der Waals surface area contributed by atoms with Crippen molar-refractivity contribution < 1.29 is 13.2 Å². The van der Waals surface area contributed by atoms with Gasteiger partial charge in [0.25, 0.3) is 0 Å². The fraction of sp³-hybridized carbons (Fsp3) is 0.300. The van der Waals surface area contributed by atoms with Gasteiger partial charge >= 0.3 is 0 Å². The second kappa shape index (κ2) is 7.42. The quantitative estimate of drug-likeness (QED) is 0.643. The van der Waals surface area contributed by atoms with Crippen LogP contribution in [0.4, 0.5) is 5.69 Å². The van der Waals surface area contributed by atoms with Crippen molar-refractivity contribution in [3.8, 4) is 5.75 Å². The highest BCUT2D eigenvalue weighted by Gasteiger charge is 2.25. The van der Waals surface area contributed by atoms with Crippen molar-refractivity contribution in [1.29, 1.82) is 0 Å². The maximum Gasteiger partial charge on any atom is 0.208 e. The first-order valence-electron chi connectivity index (χ1n) is 9.05. The van der Waals surface area contributed by atoms with Crippen molar-refractivity contribution in [2.45, 2.75) is 9.79 Å². The van der Waals surface area contributed by atoms with Crippen LogP contribution in [-0.4, -0.2) is 46.3 Å². The Bertz CT molecular complexity index is 1140. The number of aromatic nitrogens is 1. The molecule has 0 radical (unpaired) electrons. The molecule has 0 unspecified atom stereocenters. The summed E-state index contributed by atoms with van der Waals surface area (Å²) in [4.78, 5) is 2.75. The first kappa shape index (κ1) is 19.3. The van der Waals surface area contributed by atoms with Gasteiger partial charge in [-0.25, -0.2) is 8.42 Å². The number of anilines is 1. The molecule has 1 saturated heterocycles. The van der Waals surface area contributed by atoms with E-state index in [9.17, 15) is 8.42 Å². The summed E-state index contributed by atoms with van der Waals surface area (Å²) >= 11 is 3.45. The Morgan fingerprint density at radius 2 is 1.86 bits per heavy atom. The Kier molecular flexibility index (Phi) is 5.11. The van der Waals surface area contributed by atoms with E-state index in [-0.39, 0.29) is 4.90 Å². The molecule has 1 aliphatic rings. The molecule has 28 heavy (non-hydrogen) atoms. The summed E-state index contributed by atoms with van der Waals surface area (Å²) in [6.45, 7) is 3.33. The maximum absolute atomic E-state index is 13.5. The second-order valence-electron chi connectivity index (χ2n) is 6.84. The summed E-state index contributed by atoms with van der Waals surface area (Å²) in [5, 5.41) is 4.03. The number of aryl methyl sites for hydroxylation is 1. The van der Waals surface area contributed by atoms with Gasteiger partial charge in [0.05, 0.1) is 28.1 Å². The van der Waals surface area contributed by atoms with Crippen LogP contribution in [0.25, 0.3) is 10.9 Å². The zero-order valence-corrected chi connectivity index (χ0v) is 18.2. The molecule has 2 heterocycles. The number of methoxy groups -OCH3 is 1. The molecule has 0 atom stereocenters. The third kappa shape index (κ3) is 3.29. The van der Waals surface area contributed by atoms with E-state index < -0.39 is 9.84 Å². The summed E-state index contributed by atoms with van der Waals surface area (Å²) in [7, 11) is -0.214. The van der Waals surface area contributed by atoms with E-state index in [4.69, 9.17) is 4.74 Å². The predicted octanol–water partition coefficient (Wildman–Crippen LogP) is 3.19. The molecule has 3 aromatic rings. The maximum atomic E-state index is 13.5. The second-order valence-corrected chi connectivity index (χ2v) is 9.67. The summed E-state index contributed by atoms with van der Waals surface area (Å²) in [5.74, 6) is 0.683. The zero-order valence-electron chi connectivity index (χ0n) is 15.8. The number of hydrogen-bond donors (Lipinski definition) is 1. The lowest BCUT2D eigenvalue weighted by Crippen LogP contribution is -2.43. The molecule has 8 heteroatoms. The van der Waals surface area contributed by atoms with E-state index in [0.29, 0.717) is 16.0 Å². The highest BCUT2D eigenvalue weighted by molar-refractivity contribution is 9.10. The van der Waals surface area contributed by atoms with E-state index >= 15 is 0 Å². The fourth-order valence-electron chi connectivity index (χ4n) is 3.65. The van der Waals surface area contributed by atoms with Gasteiger partial charge in [0, 0.05) is 49.3 Å². The van der Waals surface area contributed by atoms with Crippen molar-refractivity contribution in [2.75, 3.05) is 38.2 Å². The molecule has 1 aliphatic heterocycles. The van der Waals surface area contributed by atoms with E-state index in [1.165, 1.54) is 0 Å². The number of halogens is 1. The number of fused-ring (bicyclic) bond motifs is 1. The number of benzene rings is 2. The number of rotatable bonds is 4. The number of hydrogen-bond acceptors (Lipinski definition) is 5. The van der Waals surface area contributed by atoms with Gasteiger partial charge in [-0.1, -0.05) is 22.0 Å². The van der Waals surface area contributed by atoms with Gasteiger partial charge in [-0.2, -0.15) is 0 Å². The minimum Gasteiger partial charge on any atom is -0.495 e. The predicted molar refractivity (Wildman–Crippen MR) is 114 cm³/mol. The Labute approximate surface area is 173 Å². The fourth-order valence-corrected chi connectivity index (χ4v) is 5.53. The number of piperazine rings is 1. The molecule has 1 N–H and O–H groups in total. The SMILES string of the molecule is COc1ccc(S(=O)(=O)c2cn(C)c3cc(Br)ccc23)cc1N1CCNCC1.